The molecule has 0 heterocycles. The molecule has 2 rings (SSSR count). The fourth-order valence-corrected chi connectivity index (χ4v) is 2.44. The van der Waals surface area contributed by atoms with Crippen molar-refractivity contribution in [3.05, 3.63) is 23.8 Å². The summed E-state index contributed by atoms with van der Waals surface area (Å²) in [5.74, 6) is 0. The topological polar surface area (TPSA) is 38.0 Å². The zero-order chi connectivity index (χ0) is 10.9. The summed E-state index contributed by atoms with van der Waals surface area (Å²) in [4.78, 5) is 0. The van der Waals surface area contributed by atoms with E-state index >= 15 is 0 Å². The number of hydrogen-bond acceptors (Lipinski definition) is 2. The highest BCUT2D eigenvalue weighted by molar-refractivity contribution is 5.70. The fourth-order valence-electron chi connectivity index (χ4n) is 2.44. The lowest BCUT2D eigenvalue weighted by molar-refractivity contribution is 0.533. The van der Waals surface area contributed by atoms with E-state index < -0.39 is 0 Å². The summed E-state index contributed by atoms with van der Waals surface area (Å²) in [5, 5.41) is 3.63. The van der Waals surface area contributed by atoms with Gasteiger partial charge in [-0.25, -0.2) is 0 Å². The first-order chi connectivity index (χ1) is 7.11. The highest BCUT2D eigenvalue weighted by Crippen LogP contribution is 2.35. The third-order valence-electron chi connectivity index (χ3n) is 3.44. The van der Waals surface area contributed by atoms with Crippen LogP contribution < -0.4 is 11.1 Å². The van der Waals surface area contributed by atoms with Gasteiger partial charge in [0.25, 0.3) is 0 Å². The summed E-state index contributed by atoms with van der Waals surface area (Å²) in [6.45, 7) is 4.41. The Morgan fingerprint density at radius 2 is 1.93 bits per heavy atom. The Balaban J connectivity index is 2.23. The molecule has 0 atom stereocenters. The number of anilines is 2. The van der Waals surface area contributed by atoms with Gasteiger partial charge in [-0.05, 0) is 38.3 Å². The molecule has 2 nitrogen and oxygen atoms in total. The van der Waals surface area contributed by atoms with Gasteiger partial charge < -0.3 is 11.1 Å². The summed E-state index contributed by atoms with van der Waals surface area (Å²) >= 11 is 0. The molecular weight excluding hydrogens is 184 g/mol. The van der Waals surface area contributed by atoms with Gasteiger partial charge in [0.2, 0.25) is 0 Å². The van der Waals surface area contributed by atoms with Crippen LogP contribution in [0.15, 0.2) is 18.2 Å². The summed E-state index contributed by atoms with van der Waals surface area (Å²) in [7, 11) is 0. The van der Waals surface area contributed by atoms with Crippen LogP contribution in [0.4, 0.5) is 11.4 Å². The number of nitrogen functional groups attached to an aromatic ring is 1. The molecule has 1 aliphatic rings. The van der Waals surface area contributed by atoms with Crippen LogP contribution in [0.5, 0.6) is 0 Å². The van der Waals surface area contributed by atoms with Crippen molar-refractivity contribution < 1.29 is 0 Å². The fraction of sp³-hybridized carbons (Fsp3) is 0.538. The second kappa shape index (κ2) is 3.76. The molecule has 3 N–H and O–H groups in total. The zero-order valence-corrected chi connectivity index (χ0v) is 9.64. The molecule has 0 aromatic heterocycles. The predicted octanol–water partition coefficient (Wildman–Crippen LogP) is 3.32. The summed E-state index contributed by atoms with van der Waals surface area (Å²) < 4.78 is 0. The second-order valence-electron chi connectivity index (χ2n) is 4.93. The molecule has 15 heavy (non-hydrogen) atoms. The number of hydrogen-bond donors (Lipinski definition) is 2. The largest absolute Gasteiger partial charge is 0.397 e. The number of para-hydroxylation sites is 1. The standard InChI is InChI=1S/C13H20N2/c1-10-6-5-7-11(14)12(10)15-13(2)8-3-4-9-13/h5-7,15H,3-4,8-9,14H2,1-2H3. The molecule has 0 spiro atoms. The van der Waals surface area contributed by atoms with Crippen LogP contribution in [0.2, 0.25) is 0 Å². The average molecular weight is 204 g/mol. The first-order valence-corrected chi connectivity index (χ1v) is 5.74. The van der Waals surface area contributed by atoms with E-state index in [4.69, 9.17) is 5.73 Å². The Morgan fingerprint density at radius 1 is 1.27 bits per heavy atom. The number of rotatable bonds is 2. The monoisotopic (exact) mass is 204 g/mol. The first kappa shape index (κ1) is 10.3. The number of nitrogens with two attached hydrogens (primary N) is 1. The van der Waals surface area contributed by atoms with E-state index in [-0.39, 0.29) is 5.54 Å². The Kier molecular flexibility index (Phi) is 2.59. The van der Waals surface area contributed by atoms with Crippen molar-refractivity contribution in [2.45, 2.75) is 45.1 Å². The van der Waals surface area contributed by atoms with Crippen LogP contribution >= 0.6 is 0 Å². The molecular formula is C13H20N2. The quantitative estimate of drug-likeness (QED) is 0.725. The van der Waals surface area contributed by atoms with Gasteiger partial charge in [0.1, 0.15) is 0 Å². The molecule has 1 aliphatic carbocycles. The SMILES string of the molecule is Cc1cccc(N)c1NC1(C)CCCC1. The van der Waals surface area contributed by atoms with Gasteiger partial charge >= 0.3 is 0 Å². The maximum atomic E-state index is 6.00. The third-order valence-corrected chi connectivity index (χ3v) is 3.44. The second-order valence-corrected chi connectivity index (χ2v) is 4.93. The molecule has 1 saturated carbocycles. The first-order valence-electron chi connectivity index (χ1n) is 5.74. The predicted molar refractivity (Wildman–Crippen MR) is 66.1 cm³/mol. The molecule has 1 fully saturated rings. The molecule has 0 unspecified atom stereocenters. The van der Waals surface area contributed by atoms with Gasteiger partial charge in [-0.15, -0.1) is 0 Å². The van der Waals surface area contributed by atoms with Gasteiger partial charge in [-0.3, -0.25) is 0 Å². The molecule has 82 valence electrons. The molecule has 0 aliphatic heterocycles. The van der Waals surface area contributed by atoms with Crippen molar-refractivity contribution in [1.82, 2.24) is 0 Å². The lowest BCUT2D eigenvalue weighted by atomic mass is 9.99. The minimum atomic E-state index is 0.250. The van der Waals surface area contributed by atoms with Crippen LogP contribution in [-0.2, 0) is 0 Å². The van der Waals surface area contributed by atoms with Gasteiger partial charge in [-0.2, -0.15) is 0 Å². The highest BCUT2D eigenvalue weighted by atomic mass is 15.0. The Morgan fingerprint density at radius 3 is 2.53 bits per heavy atom. The van der Waals surface area contributed by atoms with Gasteiger partial charge in [0.05, 0.1) is 11.4 Å². The summed E-state index contributed by atoms with van der Waals surface area (Å²) in [6, 6.07) is 6.08. The van der Waals surface area contributed by atoms with E-state index in [9.17, 15) is 0 Å². The number of benzene rings is 1. The molecule has 0 amide bonds. The molecule has 0 bridgehead atoms. The van der Waals surface area contributed by atoms with E-state index in [1.54, 1.807) is 0 Å². The van der Waals surface area contributed by atoms with Crippen molar-refractivity contribution in [2.75, 3.05) is 11.1 Å². The van der Waals surface area contributed by atoms with Crippen molar-refractivity contribution in [1.29, 1.82) is 0 Å². The van der Waals surface area contributed by atoms with E-state index in [0.29, 0.717) is 0 Å². The minimum Gasteiger partial charge on any atom is -0.397 e. The average Bonchev–Trinajstić information content (AvgIpc) is 2.60. The van der Waals surface area contributed by atoms with Crippen molar-refractivity contribution in [3.8, 4) is 0 Å². The number of aryl methyl sites for hydroxylation is 1. The third kappa shape index (κ3) is 2.09. The maximum Gasteiger partial charge on any atom is 0.0607 e. The van der Waals surface area contributed by atoms with Crippen LogP contribution in [0, 0.1) is 6.92 Å². The summed E-state index contributed by atoms with van der Waals surface area (Å²) in [6.07, 6.45) is 5.16. The van der Waals surface area contributed by atoms with E-state index in [2.05, 4.69) is 25.2 Å². The summed E-state index contributed by atoms with van der Waals surface area (Å²) in [5.41, 5.74) is 9.48. The van der Waals surface area contributed by atoms with Crippen LogP contribution in [0.25, 0.3) is 0 Å². The minimum absolute atomic E-state index is 0.250. The van der Waals surface area contributed by atoms with E-state index in [0.717, 1.165) is 11.4 Å². The Bertz CT molecular complexity index is 331. The van der Waals surface area contributed by atoms with Crippen molar-refractivity contribution in [3.63, 3.8) is 0 Å². The zero-order valence-electron chi connectivity index (χ0n) is 9.64. The van der Waals surface area contributed by atoms with Gasteiger partial charge in [-0.1, -0.05) is 25.0 Å². The van der Waals surface area contributed by atoms with Crippen molar-refractivity contribution >= 4 is 11.4 Å². The highest BCUT2D eigenvalue weighted by Gasteiger charge is 2.28. The van der Waals surface area contributed by atoms with Crippen molar-refractivity contribution in [2.24, 2.45) is 0 Å². The molecule has 2 heteroatoms. The normalized spacial score (nSPS) is 19.1. The van der Waals surface area contributed by atoms with Gasteiger partial charge in [0, 0.05) is 5.54 Å². The smallest absolute Gasteiger partial charge is 0.0607 e. The maximum absolute atomic E-state index is 6.00. The van der Waals surface area contributed by atoms with Crippen LogP contribution in [0.1, 0.15) is 38.2 Å². The lowest BCUT2D eigenvalue weighted by Crippen LogP contribution is -2.31. The Labute approximate surface area is 91.9 Å². The van der Waals surface area contributed by atoms with E-state index in [1.807, 2.05) is 12.1 Å². The molecule has 0 saturated heterocycles. The molecule has 1 aromatic rings. The Hall–Kier alpha value is -1.18. The molecule has 0 radical (unpaired) electrons. The van der Waals surface area contributed by atoms with Gasteiger partial charge in [0.15, 0.2) is 0 Å². The van der Waals surface area contributed by atoms with Crippen LogP contribution in [0.3, 0.4) is 0 Å². The van der Waals surface area contributed by atoms with E-state index in [1.165, 1.54) is 31.2 Å². The lowest BCUT2D eigenvalue weighted by Gasteiger charge is -2.28. The van der Waals surface area contributed by atoms with Crippen LogP contribution in [-0.4, -0.2) is 5.54 Å². The molecule has 1 aromatic carbocycles. The number of nitrogens with one attached hydrogen (secondary N) is 1.